The second kappa shape index (κ2) is 7.19. The summed E-state index contributed by atoms with van der Waals surface area (Å²) < 4.78 is 5.18. The number of nitrogens with one attached hydrogen (secondary N) is 1. The number of benzene rings is 1. The van der Waals surface area contributed by atoms with Crippen LogP contribution in [0.2, 0.25) is 0 Å². The van der Waals surface area contributed by atoms with Gasteiger partial charge in [0.1, 0.15) is 0 Å². The molecule has 0 aliphatic carbocycles. The lowest BCUT2D eigenvalue weighted by Crippen LogP contribution is -2.41. The van der Waals surface area contributed by atoms with Crippen molar-refractivity contribution in [2.75, 3.05) is 13.1 Å². The molecular formula is C15H20N2O4. The number of carbonyl (C=O) groups is 2. The van der Waals surface area contributed by atoms with E-state index in [1.165, 1.54) is 0 Å². The number of hydrogen-bond donors (Lipinski definition) is 3. The first kappa shape index (κ1) is 15.5. The van der Waals surface area contributed by atoms with Gasteiger partial charge in [-0.15, -0.1) is 0 Å². The van der Waals surface area contributed by atoms with Gasteiger partial charge in [-0.1, -0.05) is 30.3 Å². The number of aliphatic carboxylic acids is 1. The number of nitrogens with two attached hydrogens (primary N) is 1. The maximum atomic E-state index is 12.1. The van der Waals surface area contributed by atoms with Crippen LogP contribution in [0, 0.1) is 5.92 Å². The highest BCUT2D eigenvalue weighted by molar-refractivity contribution is 5.80. The van der Waals surface area contributed by atoms with E-state index in [2.05, 4.69) is 5.32 Å². The molecule has 1 aliphatic rings. The van der Waals surface area contributed by atoms with Gasteiger partial charge in [0.05, 0.1) is 12.0 Å². The molecular weight excluding hydrogens is 272 g/mol. The molecule has 0 saturated carbocycles. The number of carboxylic acids is 1. The van der Waals surface area contributed by atoms with Gasteiger partial charge in [0, 0.05) is 0 Å². The summed E-state index contributed by atoms with van der Waals surface area (Å²) in [4.78, 5) is 23.4. The van der Waals surface area contributed by atoms with Gasteiger partial charge in [-0.2, -0.15) is 0 Å². The van der Waals surface area contributed by atoms with E-state index in [9.17, 15) is 14.7 Å². The van der Waals surface area contributed by atoms with Crippen LogP contribution in [0.1, 0.15) is 24.4 Å². The van der Waals surface area contributed by atoms with Crippen LogP contribution in [0.3, 0.4) is 0 Å². The fourth-order valence-corrected chi connectivity index (χ4v) is 2.41. The predicted octanol–water partition coefficient (Wildman–Crippen LogP) is 0.682. The Kier molecular flexibility index (Phi) is 5.30. The maximum Gasteiger partial charge on any atom is 0.347 e. The summed E-state index contributed by atoms with van der Waals surface area (Å²) in [6, 6.07) is 7.91. The van der Waals surface area contributed by atoms with Gasteiger partial charge in [-0.25, -0.2) is 4.79 Å². The lowest BCUT2D eigenvalue weighted by Gasteiger charge is -2.25. The molecule has 6 nitrogen and oxygen atoms in total. The Bertz CT molecular complexity index is 486. The molecule has 4 N–H and O–H groups in total. The molecule has 0 amide bonds. The Morgan fingerprint density at radius 2 is 1.86 bits per heavy atom. The summed E-state index contributed by atoms with van der Waals surface area (Å²) in [6.07, 6.45) is -0.0490. The van der Waals surface area contributed by atoms with Crippen molar-refractivity contribution in [3.63, 3.8) is 0 Å². The summed E-state index contributed by atoms with van der Waals surface area (Å²) in [6.45, 7) is 1.48. The van der Waals surface area contributed by atoms with Crippen molar-refractivity contribution in [1.82, 2.24) is 5.32 Å². The van der Waals surface area contributed by atoms with E-state index in [1.54, 1.807) is 24.3 Å². The fourth-order valence-electron chi connectivity index (χ4n) is 2.41. The number of rotatable bonds is 5. The second-order valence-electron chi connectivity index (χ2n) is 5.16. The molecule has 21 heavy (non-hydrogen) atoms. The Morgan fingerprint density at radius 3 is 2.43 bits per heavy atom. The van der Waals surface area contributed by atoms with E-state index in [4.69, 9.17) is 10.5 Å². The zero-order valence-corrected chi connectivity index (χ0v) is 11.7. The molecule has 1 aromatic carbocycles. The fraction of sp³-hybridized carbons (Fsp3) is 0.467. The first-order valence-electron chi connectivity index (χ1n) is 7.04. The van der Waals surface area contributed by atoms with Gasteiger partial charge in [0.15, 0.2) is 0 Å². The number of esters is 1. The number of carbonyl (C=O) groups excluding carboxylic acids is 1. The summed E-state index contributed by atoms with van der Waals surface area (Å²) >= 11 is 0. The topological polar surface area (TPSA) is 102 Å². The molecule has 1 heterocycles. The van der Waals surface area contributed by atoms with Crippen molar-refractivity contribution in [3.8, 4) is 0 Å². The van der Waals surface area contributed by atoms with Crippen molar-refractivity contribution in [2.24, 2.45) is 11.7 Å². The molecule has 2 rings (SSSR count). The Hall–Kier alpha value is -1.92. The minimum atomic E-state index is -1.37. The van der Waals surface area contributed by atoms with Gasteiger partial charge < -0.3 is 20.9 Å². The molecule has 1 aromatic rings. The van der Waals surface area contributed by atoms with E-state index < -0.39 is 24.1 Å². The lowest BCUT2D eigenvalue weighted by atomic mass is 9.98. The average molecular weight is 292 g/mol. The first-order chi connectivity index (χ1) is 10.1. The SMILES string of the molecule is N[C@@H](c1ccccc1)[C@@H](OC(=O)C1CCNCC1)C(=O)O. The normalized spacial score (nSPS) is 18.7. The molecule has 6 heteroatoms. The summed E-state index contributed by atoms with van der Waals surface area (Å²) in [5, 5.41) is 12.4. The van der Waals surface area contributed by atoms with Crippen LogP contribution in [0.4, 0.5) is 0 Å². The van der Waals surface area contributed by atoms with Crippen LogP contribution >= 0.6 is 0 Å². The van der Waals surface area contributed by atoms with E-state index in [0.717, 1.165) is 13.1 Å². The smallest absolute Gasteiger partial charge is 0.347 e. The molecule has 0 aromatic heterocycles. The van der Waals surface area contributed by atoms with Crippen molar-refractivity contribution in [3.05, 3.63) is 35.9 Å². The minimum absolute atomic E-state index is 0.254. The molecule has 0 bridgehead atoms. The van der Waals surface area contributed by atoms with Crippen LogP contribution in [0.5, 0.6) is 0 Å². The van der Waals surface area contributed by atoms with Gasteiger partial charge in [0.2, 0.25) is 6.10 Å². The predicted molar refractivity (Wildman–Crippen MR) is 76.5 cm³/mol. The monoisotopic (exact) mass is 292 g/mol. The molecule has 0 unspecified atom stereocenters. The third kappa shape index (κ3) is 4.03. The summed E-state index contributed by atoms with van der Waals surface area (Å²) in [5.41, 5.74) is 6.58. The van der Waals surface area contributed by atoms with Gasteiger partial charge in [-0.3, -0.25) is 4.79 Å². The highest BCUT2D eigenvalue weighted by Crippen LogP contribution is 2.20. The quantitative estimate of drug-likeness (QED) is 0.690. The molecule has 0 radical (unpaired) electrons. The number of piperidine rings is 1. The molecule has 0 spiro atoms. The van der Waals surface area contributed by atoms with Gasteiger partial charge >= 0.3 is 11.9 Å². The van der Waals surface area contributed by atoms with Crippen LogP contribution < -0.4 is 11.1 Å². The van der Waals surface area contributed by atoms with E-state index >= 15 is 0 Å². The van der Waals surface area contributed by atoms with Crippen molar-refractivity contribution < 1.29 is 19.4 Å². The maximum absolute atomic E-state index is 12.1. The molecule has 114 valence electrons. The van der Waals surface area contributed by atoms with Crippen LogP contribution in [-0.4, -0.2) is 36.2 Å². The highest BCUT2D eigenvalue weighted by Gasteiger charge is 2.33. The Morgan fingerprint density at radius 1 is 1.24 bits per heavy atom. The largest absolute Gasteiger partial charge is 0.478 e. The van der Waals surface area contributed by atoms with Crippen LogP contribution in [-0.2, 0) is 14.3 Å². The Labute approximate surface area is 123 Å². The van der Waals surface area contributed by atoms with Gasteiger partial charge in [-0.05, 0) is 31.5 Å². The molecule has 2 atom stereocenters. The van der Waals surface area contributed by atoms with Crippen LogP contribution in [0.15, 0.2) is 30.3 Å². The summed E-state index contributed by atoms with van der Waals surface area (Å²) in [7, 11) is 0. The van der Waals surface area contributed by atoms with E-state index in [1.807, 2.05) is 6.07 Å². The zero-order chi connectivity index (χ0) is 15.2. The third-order valence-electron chi connectivity index (χ3n) is 3.67. The van der Waals surface area contributed by atoms with E-state index in [0.29, 0.717) is 18.4 Å². The highest BCUT2D eigenvalue weighted by atomic mass is 16.6. The number of hydrogen-bond acceptors (Lipinski definition) is 5. The lowest BCUT2D eigenvalue weighted by molar-refractivity contribution is -0.169. The van der Waals surface area contributed by atoms with Crippen molar-refractivity contribution >= 4 is 11.9 Å². The van der Waals surface area contributed by atoms with E-state index in [-0.39, 0.29) is 5.92 Å². The van der Waals surface area contributed by atoms with Crippen LogP contribution in [0.25, 0.3) is 0 Å². The summed E-state index contributed by atoms with van der Waals surface area (Å²) in [5.74, 6) is -1.96. The minimum Gasteiger partial charge on any atom is -0.478 e. The standard InChI is InChI=1S/C15H20N2O4/c16-12(10-4-2-1-3-5-10)13(14(18)19)21-15(20)11-6-8-17-9-7-11/h1-5,11-13,17H,6-9,16H2,(H,18,19)/t12-,13+/m0/s1. The second-order valence-corrected chi connectivity index (χ2v) is 5.16. The molecule has 1 fully saturated rings. The zero-order valence-electron chi connectivity index (χ0n) is 11.7. The third-order valence-corrected chi connectivity index (χ3v) is 3.67. The number of ether oxygens (including phenoxy) is 1. The van der Waals surface area contributed by atoms with Crippen molar-refractivity contribution in [1.29, 1.82) is 0 Å². The average Bonchev–Trinajstić information content (AvgIpc) is 2.53. The first-order valence-corrected chi connectivity index (χ1v) is 7.04. The van der Waals surface area contributed by atoms with Gasteiger partial charge in [0.25, 0.3) is 0 Å². The molecule has 1 saturated heterocycles. The van der Waals surface area contributed by atoms with Crippen molar-refractivity contribution in [2.45, 2.75) is 25.0 Å². The number of carboxylic acid groups (broad SMARTS) is 1. The molecule has 1 aliphatic heterocycles. The Balaban J connectivity index is 2.05.